The smallest absolute Gasteiger partial charge is 0.240 e. The van der Waals surface area contributed by atoms with E-state index in [1.165, 1.54) is 0 Å². The molecule has 0 spiro atoms. The first-order valence-corrected chi connectivity index (χ1v) is 11.1. The summed E-state index contributed by atoms with van der Waals surface area (Å²) in [7, 11) is -3.58. The first-order chi connectivity index (χ1) is 13.5. The lowest BCUT2D eigenvalue weighted by atomic mass is 9.88. The Balaban J connectivity index is 1.70. The van der Waals surface area contributed by atoms with Gasteiger partial charge in [-0.15, -0.1) is 10.2 Å². The summed E-state index contributed by atoms with van der Waals surface area (Å²) in [6.07, 6.45) is 4.71. The Kier molecular flexibility index (Phi) is 7.14. The van der Waals surface area contributed by atoms with E-state index in [0.29, 0.717) is 38.7 Å². The minimum absolute atomic E-state index is 0.0717. The molecule has 28 heavy (non-hydrogen) atoms. The SMILES string of the molecule is Cc1nncn1[C@@H]1C[C@@H](NS(=O)(=O)c2ccccc2)CCC1OCCCCF. The van der Waals surface area contributed by atoms with Crippen LogP contribution in [0.2, 0.25) is 0 Å². The Morgan fingerprint density at radius 2 is 2.04 bits per heavy atom. The van der Waals surface area contributed by atoms with Crippen molar-refractivity contribution in [1.82, 2.24) is 19.5 Å². The molecule has 1 unspecified atom stereocenters. The van der Waals surface area contributed by atoms with Crippen LogP contribution >= 0.6 is 0 Å². The zero-order chi connectivity index (χ0) is 20.0. The molecule has 1 aromatic heterocycles. The molecule has 7 nitrogen and oxygen atoms in total. The van der Waals surface area contributed by atoms with Crippen LogP contribution in [0, 0.1) is 6.92 Å². The molecular weight excluding hydrogens is 383 g/mol. The highest BCUT2D eigenvalue weighted by molar-refractivity contribution is 7.89. The number of unbranched alkanes of at least 4 members (excludes halogenated alkanes) is 1. The predicted octanol–water partition coefficient (Wildman–Crippen LogP) is 2.79. The van der Waals surface area contributed by atoms with Crippen LogP contribution in [0.15, 0.2) is 41.6 Å². The Labute approximate surface area is 165 Å². The van der Waals surface area contributed by atoms with Gasteiger partial charge in [0.1, 0.15) is 12.2 Å². The lowest BCUT2D eigenvalue weighted by Gasteiger charge is -2.37. The average molecular weight is 411 g/mol. The highest BCUT2D eigenvalue weighted by Gasteiger charge is 2.35. The van der Waals surface area contributed by atoms with Crippen LogP contribution in [0.5, 0.6) is 0 Å². The third kappa shape index (κ3) is 5.15. The fraction of sp³-hybridized carbons (Fsp3) is 0.579. The molecule has 1 heterocycles. The maximum Gasteiger partial charge on any atom is 0.240 e. The van der Waals surface area contributed by atoms with E-state index >= 15 is 0 Å². The van der Waals surface area contributed by atoms with Crippen molar-refractivity contribution in [1.29, 1.82) is 0 Å². The number of nitrogens with zero attached hydrogens (tertiary/aromatic N) is 3. The minimum Gasteiger partial charge on any atom is -0.376 e. The van der Waals surface area contributed by atoms with Gasteiger partial charge in [-0.25, -0.2) is 13.1 Å². The predicted molar refractivity (Wildman–Crippen MR) is 103 cm³/mol. The zero-order valence-electron chi connectivity index (χ0n) is 16.0. The quantitative estimate of drug-likeness (QED) is 0.643. The summed E-state index contributed by atoms with van der Waals surface area (Å²) in [4.78, 5) is 0.261. The normalized spacial score (nSPS) is 23.0. The average Bonchev–Trinajstić information content (AvgIpc) is 3.12. The monoisotopic (exact) mass is 410 g/mol. The molecule has 3 atom stereocenters. The molecule has 154 valence electrons. The number of ether oxygens (including phenoxy) is 1. The van der Waals surface area contributed by atoms with E-state index in [9.17, 15) is 12.8 Å². The van der Waals surface area contributed by atoms with Gasteiger partial charge in [-0.05, 0) is 51.2 Å². The summed E-state index contributed by atoms with van der Waals surface area (Å²) >= 11 is 0. The summed E-state index contributed by atoms with van der Waals surface area (Å²) in [5.74, 6) is 0.758. The van der Waals surface area contributed by atoms with Crippen LogP contribution in [-0.4, -0.2) is 48.6 Å². The van der Waals surface area contributed by atoms with E-state index < -0.39 is 10.0 Å². The van der Waals surface area contributed by atoms with Crippen molar-refractivity contribution in [2.45, 2.75) is 62.1 Å². The second-order valence-electron chi connectivity index (χ2n) is 7.10. The summed E-state index contributed by atoms with van der Waals surface area (Å²) < 4.78 is 48.5. The van der Waals surface area contributed by atoms with Gasteiger partial charge >= 0.3 is 0 Å². The van der Waals surface area contributed by atoms with Crippen molar-refractivity contribution >= 4 is 10.0 Å². The van der Waals surface area contributed by atoms with Gasteiger partial charge in [-0.1, -0.05) is 18.2 Å². The van der Waals surface area contributed by atoms with Crippen molar-refractivity contribution in [3.8, 4) is 0 Å². The molecule has 0 amide bonds. The number of hydrogen-bond donors (Lipinski definition) is 1. The molecule has 0 saturated heterocycles. The third-order valence-corrected chi connectivity index (χ3v) is 6.64. The molecule has 1 aromatic carbocycles. The second-order valence-corrected chi connectivity index (χ2v) is 8.82. The maximum atomic E-state index is 12.7. The highest BCUT2D eigenvalue weighted by Crippen LogP contribution is 2.32. The molecule has 1 saturated carbocycles. The van der Waals surface area contributed by atoms with E-state index in [0.717, 1.165) is 5.82 Å². The highest BCUT2D eigenvalue weighted by atomic mass is 32.2. The van der Waals surface area contributed by atoms with Gasteiger partial charge in [0.15, 0.2) is 0 Å². The number of nitrogens with one attached hydrogen (secondary N) is 1. The molecule has 2 aromatic rings. The Morgan fingerprint density at radius 1 is 1.25 bits per heavy atom. The van der Waals surface area contributed by atoms with Gasteiger partial charge in [0.2, 0.25) is 10.0 Å². The fourth-order valence-electron chi connectivity index (χ4n) is 3.66. The van der Waals surface area contributed by atoms with E-state index in [4.69, 9.17) is 4.74 Å². The molecule has 3 rings (SSSR count). The molecular formula is C19H27FN4O3S. The molecule has 0 radical (unpaired) electrons. The Bertz CT molecular complexity index is 844. The molecule has 1 aliphatic carbocycles. The van der Waals surface area contributed by atoms with Crippen molar-refractivity contribution in [2.24, 2.45) is 0 Å². The number of benzene rings is 1. The van der Waals surface area contributed by atoms with Crippen LogP contribution in [0.25, 0.3) is 0 Å². The van der Waals surface area contributed by atoms with Crippen LogP contribution in [0.1, 0.15) is 44.0 Å². The lowest BCUT2D eigenvalue weighted by Crippen LogP contribution is -2.44. The molecule has 9 heteroatoms. The Morgan fingerprint density at radius 3 is 2.71 bits per heavy atom. The summed E-state index contributed by atoms with van der Waals surface area (Å²) in [5, 5.41) is 8.01. The summed E-state index contributed by atoms with van der Waals surface area (Å²) in [6.45, 7) is 2.02. The minimum atomic E-state index is -3.58. The van der Waals surface area contributed by atoms with Crippen molar-refractivity contribution < 1.29 is 17.5 Å². The van der Waals surface area contributed by atoms with E-state index in [-0.39, 0.29) is 29.8 Å². The van der Waals surface area contributed by atoms with E-state index in [1.54, 1.807) is 36.7 Å². The fourth-order valence-corrected chi connectivity index (χ4v) is 4.96. The van der Waals surface area contributed by atoms with E-state index in [2.05, 4.69) is 14.9 Å². The topological polar surface area (TPSA) is 86.1 Å². The van der Waals surface area contributed by atoms with Crippen molar-refractivity contribution in [2.75, 3.05) is 13.3 Å². The van der Waals surface area contributed by atoms with Gasteiger partial charge in [-0.2, -0.15) is 0 Å². The second kappa shape index (κ2) is 9.58. The number of alkyl halides is 1. The molecule has 1 N–H and O–H groups in total. The zero-order valence-corrected chi connectivity index (χ0v) is 16.8. The van der Waals surface area contributed by atoms with E-state index in [1.807, 2.05) is 11.5 Å². The number of sulfonamides is 1. The standard InChI is InChI=1S/C19H27FN4O3S/c1-15-22-21-14-24(15)18-13-16(9-10-19(18)27-12-6-5-11-20)23-28(25,26)17-7-3-2-4-8-17/h2-4,7-8,14,16,18-19,23H,5-6,9-13H2,1H3/t16-,18+,19?/m0/s1. The van der Waals surface area contributed by atoms with Crippen LogP contribution in [0.3, 0.4) is 0 Å². The molecule has 0 aliphatic heterocycles. The molecule has 0 bridgehead atoms. The first-order valence-electron chi connectivity index (χ1n) is 9.62. The molecule has 1 fully saturated rings. The number of aromatic nitrogens is 3. The number of rotatable bonds is 9. The number of aryl methyl sites for hydroxylation is 1. The van der Waals surface area contributed by atoms with Crippen LogP contribution < -0.4 is 4.72 Å². The van der Waals surface area contributed by atoms with Crippen molar-refractivity contribution in [3.63, 3.8) is 0 Å². The summed E-state index contributed by atoms with van der Waals surface area (Å²) in [6, 6.07) is 8.10. The van der Waals surface area contributed by atoms with Crippen LogP contribution in [0.4, 0.5) is 4.39 Å². The third-order valence-electron chi connectivity index (χ3n) is 5.10. The van der Waals surface area contributed by atoms with Gasteiger partial charge in [0.05, 0.1) is 23.7 Å². The Hall–Kier alpha value is -1.84. The van der Waals surface area contributed by atoms with Gasteiger partial charge < -0.3 is 9.30 Å². The number of halogens is 1. The van der Waals surface area contributed by atoms with Gasteiger partial charge in [0, 0.05) is 12.6 Å². The first kappa shape index (κ1) is 20.9. The number of hydrogen-bond acceptors (Lipinski definition) is 5. The lowest BCUT2D eigenvalue weighted by molar-refractivity contribution is -0.0133. The molecule has 1 aliphatic rings. The van der Waals surface area contributed by atoms with Crippen molar-refractivity contribution in [3.05, 3.63) is 42.5 Å². The van der Waals surface area contributed by atoms with Gasteiger partial charge in [-0.3, -0.25) is 4.39 Å². The summed E-state index contributed by atoms with van der Waals surface area (Å²) in [5.41, 5.74) is 0. The maximum absolute atomic E-state index is 12.7. The van der Waals surface area contributed by atoms with Crippen LogP contribution in [-0.2, 0) is 14.8 Å². The van der Waals surface area contributed by atoms with Gasteiger partial charge in [0.25, 0.3) is 0 Å². The largest absolute Gasteiger partial charge is 0.376 e.